The standard InChI is InChI=1S/C16H13N5S2/c1-10-3-5-12(6-4-10)21-11(2)19-20-16(21)23-15-14-13(7-8-22-14)17-9-18-15/h3-9H,1-2H3. The van der Waals surface area contributed by atoms with Gasteiger partial charge in [0.1, 0.15) is 17.2 Å². The minimum Gasteiger partial charge on any atom is -0.274 e. The highest BCUT2D eigenvalue weighted by Crippen LogP contribution is 2.34. The SMILES string of the molecule is Cc1ccc(-n2c(C)nnc2Sc2ncnc3ccsc23)cc1. The predicted molar refractivity (Wildman–Crippen MR) is 92.4 cm³/mol. The first-order chi connectivity index (χ1) is 11.2. The maximum Gasteiger partial charge on any atom is 0.202 e. The molecule has 5 nitrogen and oxygen atoms in total. The molecular formula is C16H13N5S2. The largest absolute Gasteiger partial charge is 0.274 e. The van der Waals surface area contributed by atoms with Crippen molar-refractivity contribution in [3.63, 3.8) is 0 Å². The van der Waals surface area contributed by atoms with E-state index in [0.717, 1.165) is 31.9 Å². The number of aromatic nitrogens is 5. The van der Waals surface area contributed by atoms with E-state index in [2.05, 4.69) is 51.4 Å². The zero-order valence-electron chi connectivity index (χ0n) is 12.6. The van der Waals surface area contributed by atoms with E-state index in [-0.39, 0.29) is 0 Å². The lowest BCUT2D eigenvalue weighted by molar-refractivity contribution is 0.866. The van der Waals surface area contributed by atoms with Crippen LogP contribution in [-0.2, 0) is 0 Å². The van der Waals surface area contributed by atoms with E-state index >= 15 is 0 Å². The molecule has 4 aromatic rings. The van der Waals surface area contributed by atoms with Crippen LogP contribution in [0.4, 0.5) is 0 Å². The molecule has 0 N–H and O–H groups in total. The molecule has 0 unspecified atom stereocenters. The van der Waals surface area contributed by atoms with Crippen LogP contribution >= 0.6 is 23.1 Å². The maximum atomic E-state index is 4.41. The van der Waals surface area contributed by atoms with Crippen molar-refractivity contribution in [2.24, 2.45) is 0 Å². The van der Waals surface area contributed by atoms with Gasteiger partial charge in [-0.05, 0) is 49.2 Å². The van der Waals surface area contributed by atoms with Crippen LogP contribution in [0.15, 0.2) is 52.2 Å². The Morgan fingerprint density at radius 1 is 1.00 bits per heavy atom. The summed E-state index contributed by atoms with van der Waals surface area (Å²) in [6.07, 6.45) is 1.59. The van der Waals surface area contributed by atoms with Gasteiger partial charge < -0.3 is 0 Å². The van der Waals surface area contributed by atoms with Crippen LogP contribution in [0.1, 0.15) is 11.4 Å². The Labute approximate surface area is 141 Å². The highest BCUT2D eigenvalue weighted by Gasteiger charge is 2.15. The molecule has 0 aliphatic rings. The van der Waals surface area contributed by atoms with E-state index in [1.54, 1.807) is 17.7 Å². The van der Waals surface area contributed by atoms with Crippen molar-refractivity contribution in [2.45, 2.75) is 24.0 Å². The van der Waals surface area contributed by atoms with Gasteiger partial charge in [0.2, 0.25) is 5.16 Å². The molecule has 3 aromatic heterocycles. The Bertz CT molecular complexity index is 972. The summed E-state index contributed by atoms with van der Waals surface area (Å²) in [5.74, 6) is 0.854. The van der Waals surface area contributed by atoms with Crippen molar-refractivity contribution >= 4 is 33.3 Å². The van der Waals surface area contributed by atoms with Gasteiger partial charge in [0.05, 0.1) is 10.2 Å². The number of fused-ring (bicyclic) bond motifs is 1. The zero-order chi connectivity index (χ0) is 15.8. The molecule has 0 radical (unpaired) electrons. The number of rotatable bonds is 3. The van der Waals surface area contributed by atoms with E-state index < -0.39 is 0 Å². The summed E-state index contributed by atoms with van der Waals surface area (Å²) in [5, 5.41) is 12.3. The summed E-state index contributed by atoms with van der Waals surface area (Å²) in [4.78, 5) is 8.70. The lowest BCUT2D eigenvalue weighted by Crippen LogP contribution is -1.99. The number of nitrogens with zero attached hydrogens (tertiary/aromatic N) is 5. The van der Waals surface area contributed by atoms with Crippen molar-refractivity contribution < 1.29 is 0 Å². The Morgan fingerprint density at radius 2 is 1.83 bits per heavy atom. The van der Waals surface area contributed by atoms with E-state index in [9.17, 15) is 0 Å². The Balaban J connectivity index is 1.78. The zero-order valence-corrected chi connectivity index (χ0v) is 14.2. The Kier molecular flexibility index (Phi) is 3.59. The minimum absolute atomic E-state index is 0.805. The second-order valence-corrected chi connectivity index (χ2v) is 6.99. The lowest BCUT2D eigenvalue weighted by atomic mass is 10.2. The van der Waals surface area contributed by atoms with Gasteiger partial charge in [-0.2, -0.15) is 0 Å². The first kappa shape index (κ1) is 14.3. The lowest BCUT2D eigenvalue weighted by Gasteiger charge is -2.08. The van der Waals surface area contributed by atoms with Crippen molar-refractivity contribution in [3.8, 4) is 5.69 Å². The van der Waals surface area contributed by atoms with E-state index in [0.29, 0.717) is 0 Å². The monoisotopic (exact) mass is 339 g/mol. The molecule has 3 heterocycles. The average Bonchev–Trinajstić information content (AvgIpc) is 3.16. The van der Waals surface area contributed by atoms with Gasteiger partial charge in [0.25, 0.3) is 0 Å². The van der Waals surface area contributed by atoms with Gasteiger partial charge in [-0.25, -0.2) is 9.97 Å². The molecule has 0 saturated carbocycles. The predicted octanol–water partition coefficient (Wildman–Crippen LogP) is 4.04. The summed E-state index contributed by atoms with van der Waals surface area (Å²) in [6.45, 7) is 4.03. The van der Waals surface area contributed by atoms with Crippen molar-refractivity contribution in [2.75, 3.05) is 0 Å². The first-order valence-corrected chi connectivity index (χ1v) is 8.77. The fraction of sp³-hybridized carbons (Fsp3) is 0.125. The summed E-state index contributed by atoms with van der Waals surface area (Å²) >= 11 is 3.16. The van der Waals surface area contributed by atoms with Gasteiger partial charge >= 0.3 is 0 Å². The fourth-order valence-corrected chi connectivity index (χ4v) is 4.20. The van der Waals surface area contributed by atoms with Crippen LogP contribution in [0, 0.1) is 13.8 Å². The van der Waals surface area contributed by atoms with Crippen molar-refractivity contribution in [3.05, 3.63) is 53.4 Å². The number of hydrogen-bond acceptors (Lipinski definition) is 6. The van der Waals surface area contributed by atoms with Gasteiger partial charge in [-0.1, -0.05) is 17.7 Å². The maximum absolute atomic E-state index is 4.41. The molecule has 0 spiro atoms. The molecule has 0 aliphatic carbocycles. The number of hydrogen-bond donors (Lipinski definition) is 0. The van der Waals surface area contributed by atoms with Crippen LogP contribution in [0.5, 0.6) is 0 Å². The summed E-state index contributed by atoms with van der Waals surface area (Å²) in [5.41, 5.74) is 3.24. The molecule has 1 aromatic carbocycles. The molecule has 0 fully saturated rings. The summed E-state index contributed by atoms with van der Waals surface area (Å²) < 4.78 is 3.12. The molecule has 0 aliphatic heterocycles. The molecule has 23 heavy (non-hydrogen) atoms. The Morgan fingerprint density at radius 3 is 2.65 bits per heavy atom. The van der Waals surface area contributed by atoms with Crippen LogP contribution in [0.25, 0.3) is 15.9 Å². The van der Waals surface area contributed by atoms with Crippen molar-refractivity contribution in [1.82, 2.24) is 24.7 Å². The third-order valence-electron chi connectivity index (χ3n) is 3.49. The van der Waals surface area contributed by atoms with Crippen LogP contribution in [0.2, 0.25) is 0 Å². The summed E-state index contributed by atoms with van der Waals surface area (Å²) in [7, 11) is 0. The first-order valence-electron chi connectivity index (χ1n) is 7.07. The van der Waals surface area contributed by atoms with Crippen molar-refractivity contribution in [1.29, 1.82) is 0 Å². The molecule has 0 bridgehead atoms. The highest BCUT2D eigenvalue weighted by molar-refractivity contribution is 7.99. The molecular weight excluding hydrogens is 326 g/mol. The second kappa shape index (κ2) is 5.75. The second-order valence-electron chi connectivity index (χ2n) is 5.12. The smallest absolute Gasteiger partial charge is 0.202 e. The van der Waals surface area contributed by atoms with Gasteiger partial charge in [-0.3, -0.25) is 4.57 Å². The fourth-order valence-electron chi connectivity index (χ4n) is 2.33. The number of benzene rings is 1. The van der Waals surface area contributed by atoms with Gasteiger partial charge in [-0.15, -0.1) is 21.5 Å². The highest BCUT2D eigenvalue weighted by atomic mass is 32.2. The average molecular weight is 339 g/mol. The molecule has 7 heteroatoms. The van der Waals surface area contributed by atoms with Crippen LogP contribution in [0.3, 0.4) is 0 Å². The molecule has 0 atom stereocenters. The van der Waals surface area contributed by atoms with Gasteiger partial charge in [0.15, 0.2) is 0 Å². The van der Waals surface area contributed by atoms with Crippen LogP contribution < -0.4 is 0 Å². The van der Waals surface area contributed by atoms with E-state index in [1.807, 2.05) is 22.9 Å². The topological polar surface area (TPSA) is 56.5 Å². The molecule has 4 rings (SSSR count). The summed E-state index contributed by atoms with van der Waals surface area (Å²) in [6, 6.07) is 10.3. The quantitative estimate of drug-likeness (QED) is 0.527. The normalized spacial score (nSPS) is 11.2. The Hall–Kier alpha value is -2.25. The van der Waals surface area contributed by atoms with E-state index in [1.165, 1.54) is 17.3 Å². The van der Waals surface area contributed by atoms with Gasteiger partial charge in [0, 0.05) is 5.69 Å². The number of aryl methyl sites for hydroxylation is 2. The molecule has 0 amide bonds. The van der Waals surface area contributed by atoms with Crippen LogP contribution in [-0.4, -0.2) is 24.7 Å². The minimum atomic E-state index is 0.805. The third-order valence-corrected chi connectivity index (χ3v) is 5.48. The molecule has 114 valence electrons. The molecule has 0 saturated heterocycles. The number of thiophene rings is 1. The third kappa shape index (κ3) is 2.62. The van der Waals surface area contributed by atoms with E-state index in [4.69, 9.17) is 0 Å².